The topological polar surface area (TPSA) is 70.0 Å². The number of anilines is 1. The Hall–Kier alpha value is -1.59. The Morgan fingerprint density at radius 2 is 2.17 bits per heavy atom. The van der Waals surface area contributed by atoms with Crippen LogP contribution >= 0.6 is 23.2 Å². The van der Waals surface area contributed by atoms with Crippen LogP contribution in [0.1, 0.15) is 12.8 Å². The lowest BCUT2D eigenvalue weighted by atomic mass is 10.2. The first kappa shape index (κ1) is 12.9. The molecule has 1 amide bonds. The minimum Gasteiger partial charge on any atom is -0.481 e. The molecular weight excluding hydrogens is 279 g/mol. The molecule has 7 heteroatoms. The van der Waals surface area contributed by atoms with Gasteiger partial charge in [-0.05, 0) is 18.2 Å². The summed E-state index contributed by atoms with van der Waals surface area (Å²) in [6, 6.07) is 4.65. The van der Waals surface area contributed by atoms with Gasteiger partial charge in [0.15, 0.2) is 0 Å². The van der Waals surface area contributed by atoms with E-state index in [-0.39, 0.29) is 23.8 Å². The fraction of sp³-hybridized carbons (Fsp3) is 0.182. The Kier molecular flexibility index (Phi) is 3.54. The smallest absolute Gasteiger partial charge is 0.309 e. The summed E-state index contributed by atoms with van der Waals surface area (Å²) in [4.78, 5) is 22.3. The van der Waals surface area contributed by atoms with Crippen LogP contribution in [0.4, 0.5) is 5.69 Å². The molecule has 0 fully saturated rings. The van der Waals surface area contributed by atoms with Crippen LogP contribution in [-0.2, 0) is 9.59 Å². The van der Waals surface area contributed by atoms with Crippen LogP contribution in [0.5, 0.6) is 0 Å². The maximum Gasteiger partial charge on any atom is 0.309 e. The molecule has 0 unspecified atom stereocenters. The number of hydrazone groups is 1. The van der Waals surface area contributed by atoms with E-state index in [0.29, 0.717) is 16.4 Å². The second-order valence-electron chi connectivity index (χ2n) is 3.71. The Bertz CT molecular complexity index is 557. The number of aliphatic carboxylic acids is 1. The molecular formula is C11H8Cl2N2O3. The number of carboxylic acid groups (broad SMARTS) is 1. The molecule has 0 saturated heterocycles. The van der Waals surface area contributed by atoms with Crippen LogP contribution in [0.3, 0.4) is 0 Å². The molecule has 94 valence electrons. The number of amides is 1. The van der Waals surface area contributed by atoms with E-state index >= 15 is 0 Å². The van der Waals surface area contributed by atoms with Crippen LogP contribution in [0.2, 0.25) is 10.0 Å². The lowest BCUT2D eigenvalue weighted by Gasteiger charge is -2.13. The highest BCUT2D eigenvalue weighted by molar-refractivity contribution is 6.37. The van der Waals surface area contributed by atoms with Crippen molar-refractivity contribution >= 4 is 46.5 Å². The Morgan fingerprint density at radius 3 is 2.78 bits per heavy atom. The molecule has 1 aromatic rings. The SMILES string of the molecule is O=C(O)CC1=NN(c2ccc(Cl)cc2Cl)C(=O)C1. The van der Waals surface area contributed by atoms with Crippen molar-refractivity contribution in [2.24, 2.45) is 5.10 Å². The van der Waals surface area contributed by atoms with Gasteiger partial charge >= 0.3 is 5.97 Å². The zero-order chi connectivity index (χ0) is 13.3. The van der Waals surface area contributed by atoms with E-state index in [0.717, 1.165) is 5.01 Å². The van der Waals surface area contributed by atoms with Crippen molar-refractivity contribution in [3.8, 4) is 0 Å². The fourth-order valence-electron chi connectivity index (χ4n) is 1.60. The monoisotopic (exact) mass is 286 g/mol. The molecule has 0 bridgehead atoms. The summed E-state index contributed by atoms with van der Waals surface area (Å²) < 4.78 is 0. The molecule has 0 aliphatic carbocycles. The largest absolute Gasteiger partial charge is 0.481 e. The first-order valence-corrected chi connectivity index (χ1v) is 5.79. The minimum absolute atomic E-state index is 0.00868. The molecule has 0 saturated carbocycles. The summed E-state index contributed by atoms with van der Waals surface area (Å²) in [5.74, 6) is -1.33. The van der Waals surface area contributed by atoms with Gasteiger partial charge in [0.05, 0.1) is 29.3 Å². The standard InChI is InChI=1S/C11H8Cl2N2O3/c12-6-1-2-9(8(13)3-6)15-10(16)4-7(14-15)5-11(17)18/h1-3H,4-5H2,(H,17,18). The molecule has 2 rings (SSSR count). The van der Waals surface area contributed by atoms with Crippen molar-refractivity contribution in [2.45, 2.75) is 12.8 Å². The molecule has 1 aliphatic rings. The maximum absolute atomic E-state index is 11.7. The van der Waals surface area contributed by atoms with Crippen LogP contribution in [0.25, 0.3) is 0 Å². The summed E-state index contributed by atoms with van der Waals surface area (Å²) in [7, 11) is 0. The molecule has 5 nitrogen and oxygen atoms in total. The van der Waals surface area contributed by atoms with Gasteiger partial charge < -0.3 is 5.11 Å². The average Bonchev–Trinajstić information content (AvgIpc) is 2.58. The fourth-order valence-corrected chi connectivity index (χ4v) is 2.08. The first-order chi connectivity index (χ1) is 8.47. The summed E-state index contributed by atoms with van der Waals surface area (Å²) in [5.41, 5.74) is 0.699. The van der Waals surface area contributed by atoms with E-state index in [4.69, 9.17) is 28.3 Å². The number of carboxylic acids is 1. The molecule has 0 atom stereocenters. The van der Waals surface area contributed by atoms with E-state index in [1.807, 2.05) is 0 Å². The molecule has 1 aliphatic heterocycles. The van der Waals surface area contributed by atoms with Gasteiger partial charge in [-0.25, -0.2) is 0 Å². The molecule has 1 N–H and O–H groups in total. The van der Waals surface area contributed by atoms with Crippen molar-refractivity contribution in [3.05, 3.63) is 28.2 Å². The van der Waals surface area contributed by atoms with E-state index in [2.05, 4.69) is 5.10 Å². The number of nitrogens with zero attached hydrogens (tertiary/aromatic N) is 2. The second-order valence-corrected chi connectivity index (χ2v) is 4.56. The lowest BCUT2D eigenvalue weighted by Crippen LogP contribution is -2.19. The Morgan fingerprint density at radius 1 is 1.44 bits per heavy atom. The summed E-state index contributed by atoms with van der Waals surface area (Å²) in [5, 5.41) is 14.5. The number of rotatable bonds is 3. The molecule has 18 heavy (non-hydrogen) atoms. The predicted molar refractivity (Wildman–Crippen MR) is 68.3 cm³/mol. The van der Waals surface area contributed by atoms with Crippen molar-refractivity contribution in [3.63, 3.8) is 0 Å². The third-order valence-corrected chi connectivity index (χ3v) is 2.86. The molecule has 1 heterocycles. The van der Waals surface area contributed by atoms with Crippen molar-refractivity contribution in [1.82, 2.24) is 0 Å². The third kappa shape index (κ3) is 2.63. The molecule has 0 spiro atoms. The maximum atomic E-state index is 11.7. The number of hydrogen-bond donors (Lipinski definition) is 1. The number of halogens is 2. The number of carbonyl (C=O) groups is 2. The van der Waals surface area contributed by atoms with Gasteiger partial charge in [0.2, 0.25) is 0 Å². The highest BCUT2D eigenvalue weighted by Crippen LogP contribution is 2.31. The zero-order valence-corrected chi connectivity index (χ0v) is 10.6. The Labute approximate surface area is 113 Å². The highest BCUT2D eigenvalue weighted by Gasteiger charge is 2.27. The number of carbonyl (C=O) groups excluding carboxylic acids is 1. The summed E-state index contributed by atoms with van der Waals surface area (Å²) in [6.07, 6.45) is -0.265. The van der Waals surface area contributed by atoms with Crippen LogP contribution < -0.4 is 5.01 Å². The first-order valence-electron chi connectivity index (χ1n) is 5.03. The highest BCUT2D eigenvalue weighted by atomic mass is 35.5. The van der Waals surface area contributed by atoms with Gasteiger partial charge in [-0.3, -0.25) is 9.59 Å². The van der Waals surface area contributed by atoms with E-state index < -0.39 is 5.97 Å². The van der Waals surface area contributed by atoms with Crippen LogP contribution in [-0.4, -0.2) is 22.7 Å². The van der Waals surface area contributed by atoms with Gasteiger partial charge in [0.25, 0.3) is 5.91 Å². The molecule has 1 aromatic carbocycles. The third-order valence-electron chi connectivity index (χ3n) is 2.33. The number of hydrogen-bond acceptors (Lipinski definition) is 3. The summed E-state index contributed by atoms with van der Waals surface area (Å²) >= 11 is 11.7. The lowest BCUT2D eigenvalue weighted by molar-refractivity contribution is -0.135. The van der Waals surface area contributed by atoms with Crippen molar-refractivity contribution in [2.75, 3.05) is 5.01 Å². The van der Waals surface area contributed by atoms with Gasteiger partial charge in [-0.2, -0.15) is 10.1 Å². The zero-order valence-electron chi connectivity index (χ0n) is 9.06. The van der Waals surface area contributed by atoms with E-state index in [9.17, 15) is 9.59 Å². The minimum atomic E-state index is -1.02. The molecule has 0 radical (unpaired) electrons. The van der Waals surface area contributed by atoms with Gasteiger partial charge in [-0.1, -0.05) is 23.2 Å². The van der Waals surface area contributed by atoms with Crippen molar-refractivity contribution < 1.29 is 14.7 Å². The second kappa shape index (κ2) is 4.96. The van der Waals surface area contributed by atoms with E-state index in [1.165, 1.54) is 6.07 Å². The summed E-state index contributed by atoms with van der Waals surface area (Å²) in [6.45, 7) is 0. The quantitative estimate of drug-likeness (QED) is 0.928. The van der Waals surface area contributed by atoms with Gasteiger partial charge in [0.1, 0.15) is 0 Å². The van der Waals surface area contributed by atoms with Crippen LogP contribution in [0.15, 0.2) is 23.3 Å². The van der Waals surface area contributed by atoms with Gasteiger partial charge in [-0.15, -0.1) is 0 Å². The van der Waals surface area contributed by atoms with E-state index in [1.54, 1.807) is 12.1 Å². The van der Waals surface area contributed by atoms with Gasteiger partial charge in [0, 0.05) is 5.02 Å². The normalized spacial score (nSPS) is 14.9. The predicted octanol–water partition coefficient (Wildman–Crippen LogP) is 2.56. The number of benzene rings is 1. The average molecular weight is 287 g/mol. The molecule has 0 aromatic heterocycles. The van der Waals surface area contributed by atoms with Crippen LogP contribution in [0, 0.1) is 0 Å². The Balaban J connectivity index is 2.30. The van der Waals surface area contributed by atoms with Crippen molar-refractivity contribution in [1.29, 1.82) is 0 Å².